The van der Waals surface area contributed by atoms with Gasteiger partial charge in [0.1, 0.15) is 5.97 Å². The van der Waals surface area contributed by atoms with Crippen molar-refractivity contribution >= 4 is 17.9 Å². The predicted molar refractivity (Wildman–Crippen MR) is 66.5 cm³/mol. The van der Waals surface area contributed by atoms with Crippen molar-refractivity contribution in [1.82, 2.24) is 0 Å². The lowest BCUT2D eigenvalue weighted by atomic mass is 10.0. The quantitative estimate of drug-likeness (QED) is 0.684. The first-order chi connectivity index (χ1) is 10.3. The SMILES string of the molecule is COC(=O)CCC(=O)OC(c1ccccc1)C(F)(F)C(=O)[O-]. The van der Waals surface area contributed by atoms with E-state index in [9.17, 15) is 28.3 Å². The topological polar surface area (TPSA) is 92.7 Å². The molecule has 0 saturated carbocycles. The lowest BCUT2D eigenvalue weighted by molar-refractivity contribution is -0.337. The highest BCUT2D eigenvalue weighted by Crippen LogP contribution is 2.34. The van der Waals surface area contributed by atoms with Gasteiger partial charge in [0.15, 0.2) is 6.10 Å². The number of carboxylic acid groups (broad SMARTS) is 1. The average Bonchev–Trinajstić information content (AvgIpc) is 2.50. The molecule has 1 aromatic carbocycles. The highest BCUT2D eigenvalue weighted by Gasteiger charge is 2.45. The van der Waals surface area contributed by atoms with Crippen LogP contribution in [0.15, 0.2) is 30.3 Å². The lowest BCUT2D eigenvalue weighted by Gasteiger charge is -2.27. The molecule has 0 bridgehead atoms. The summed E-state index contributed by atoms with van der Waals surface area (Å²) in [7, 11) is 1.10. The van der Waals surface area contributed by atoms with Crippen molar-refractivity contribution in [1.29, 1.82) is 0 Å². The number of carboxylic acids is 1. The standard InChI is InChI=1S/C14H14F2O6/c1-21-10(17)7-8-11(18)22-12(14(15,16)13(19)20)9-5-3-2-4-6-9/h2-6,12H,7-8H2,1H3,(H,19,20)/p-1. The minimum absolute atomic E-state index is 0.205. The number of hydrogen-bond acceptors (Lipinski definition) is 6. The second-order valence-electron chi connectivity index (χ2n) is 4.27. The van der Waals surface area contributed by atoms with Crippen molar-refractivity contribution in [3.63, 3.8) is 0 Å². The van der Waals surface area contributed by atoms with Crippen molar-refractivity contribution in [3.05, 3.63) is 35.9 Å². The maximum absolute atomic E-state index is 13.7. The molecular weight excluding hydrogens is 302 g/mol. The third kappa shape index (κ3) is 4.51. The molecule has 0 N–H and O–H groups in total. The summed E-state index contributed by atoms with van der Waals surface area (Å²) in [6.07, 6.45) is -3.23. The summed E-state index contributed by atoms with van der Waals surface area (Å²) in [4.78, 5) is 33.0. The molecule has 0 aliphatic carbocycles. The summed E-state index contributed by atoms with van der Waals surface area (Å²) in [5, 5.41) is 10.6. The zero-order chi connectivity index (χ0) is 16.8. The molecule has 22 heavy (non-hydrogen) atoms. The fraction of sp³-hybridized carbons (Fsp3) is 0.357. The Kier molecular flexibility index (Phi) is 5.97. The Morgan fingerprint density at radius 3 is 2.18 bits per heavy atom. The van der Waals surface area contributed by atoms with Gasteiger partial charge in [0.25, 0.3) is 0 Å². The zero-order valence-electron chi connectivity index (χ0n) is 11.6. The van der Waals surface area contributed by atoms with Gasteiger partial charge in [-0.15, -0.1) is 0 Å². The molecule has 0 heterocycles. The largest absolute Gasteiger partial charge is 0.544 e. The number of carbonyl (C=O) groups excluding carboxylic acids is 3. The van der Waals surface area contributed by atoms with E-state index in [0.717, 1.165) is 7.11 Å². The average molecular weight is 315 g/mol. The number of benzene rings is 1. The smallest absolute Gasteiger partial charge is 0.327 e. The normalized spacial score (nSPS) is 12.3. The highest BCUT2D eigenvalue weighted by atomic mass is 19.3. The van der Waals surface area contributed by atoms with Crippen molar-refractivity contribution in [3.8, 4) is 0 Å². The number of alkyl halides is 2. The van der Waals surface area contributed by atoms with Crippen LogP contribution in [-0.4, -0.2) is 30.9 Å². The number of esters is 2. The number of rotatable bonds is 7. The third-order valence-electron chi connectivity index (χ3n) is 2.71. The Morgan fingerprint density at radius 2 is 1.68 bits per heavy atom. The van der Waals surface area contributed by atoms with Gasteiger partial charge in [-0.05, 0) is 5.56 Å². The van der Waals surface area contributed by atoms with Crippen molar-refractivity contribution in [2.75, 3.05) is 7.11 Å². The van der Waals surface area contributed by atoms with E-state index in [1.807, 2.05) is 0 Å². The number of hydrogen-bond donors (Lipinski definition) is 0. The Balaban J connectivity index is 2.91. The Labute approximate surface area is 124 Å². The molecule has 0 aliphatic rings. The van der Waals surface area contributed by atoms with E-state index in [2.05, 4.69) is 9.47 Å². The maximum atomic E-state index is 13.7. The fourth-order valence-electron chi connectivity index (χ4n) is 1.58. The molecule has 0 radical (unpaired) electrons. The second-order valence-corrected chi connectivity index (χ2v) is 4.27. The van der Waals surface area contributed by atoms with Crippen LogP contribution in [0.5, 0.6) is 0 Å². The summed E-state index contributed by atoms with van der Waals surface area (Å²) in [6.45, 7) is 0. The van der Waals surface area contributed by atoms with Crippen LogP contribution in [-0.2, 0) is 23.9 Å². The molecule has 8 heteroatoms. The number of methoxy groups -OCH3 is 1. The molecule has 120 valence electrons. The molecule has 1 unspecified atom stereocenters. The van der Waals surface area contributed by atoms with Gasteiger partial charge in [0.05, 0.1) is 20.0 Å². The van der Waals surface area contributed by atoms with Gasteiger partial charge >= 0.3 is 17.9 Å². The van der Waals surface area contributed by atoms with Crippen molar-refractivity contribution < 1.29 is 37.7 Å². The minimum Gasteiger partial charge on any atom is -0.544 e. The lowest BCUT2D eigenvalue weighted by Crippen LogP contribution is -2.47. The molecule has 0 fully saturated rings. The summed E-state index contributed by atoms with van der Waals surface area (Å²) in [5.74, 6) is -8.95. The summed E-state index contributed by atoms with van der Waals surface area (Å²) < 4.78 is 36.2. The summed E-state index contributed by atoms with van der Waals surface area (Å²) in [5.41, 5.74) is -0.205. The third-order valence-corrected chi connectivity index (χ3v) is 2.71. The van der Waals surface area contributed by atoms with Gasteiger partial charge in [-0.25, -0.2) is 0 Å². The van der Waals surface area contributed by atoms with E-state index in [4.69, 9.17) is 0 Å². The van der Waals surface area contributed by atoms with Crippen LogP contribution in [0.4, 0.5) is 8.78 Å². The van der Waals surface area contributed by atoms with E-state index in [-0.39, 0.29) is 12.0 Å². The number of ether oxygens (including phenoxy) is 2. The van der Waals surface area contributed by atoms with Gasteiger partial charge < -0.3 is 19.4 Å². The minimum atomic E-state index is -4.41. The van der Waals surface area contributed by atoms with E-state index < -0.39 is 36.4 Å². The van der Waals surface area contributed by atoms with E-state index in [0.29, 0.717) is 0 Å². The molecule has 0 amide bonds. The van der Waals surface area contributed by atoms with Crippen LogP contribution in [0.3, 0.4) is 0 Å². The molecular formula is C14H13F2O6-. The molecule has 0 saturated heterocycles. The van der Waals surface area contributed by atoms with Crippen LogP contribution in [0.1, 0.15) is 24.5 Å². The fourth-order valence-corrected chi connectivity index (χ4v) is 1.58. The monoisotopic (exact) mass is 315 g/mol. The van der Waals surface area contributed by atoms with Gasteiger partial charge in [-0.2, -0.15) is 8.78 Å². The van der Waals surface area contributed by atoms with Crippen molar-refractivity contribution in [2.24, 2.45) is 0 Å². The van der Waals surface area contributed by atoms with Crippen LogP contribution < -0.4 is 5.11 Å². The highest BCUT2D eigenvalue weighted by molar-refractivity contribution is 5.79. The molecule has 1 aromatic rings. The second kappa shape index (κ2) is 7.48. The van der Waals surface area contributed by atoms with Gasteiger partial charge in [0.2, 0.25) is 0 Å². The van der Waals surface area contributed by atoms with Crippen LogP contribution in [0.2, 0.25) is 0 Å². The van der Waals surface area contributed by atoms with Crippen LogP contribution in [0, 0.1) is 0 Å². The van der Waals surface area contributed by atoms with Crippen LogP contribution in [0.25, 0.3) is 0 Å². The molecule has 0 aromatic heterocycles. The number of aliphatic carboxylic acids is 1. The molecule has 6 nitrogen and oxygen atoms in total. The number of carbonyl (C=O) groups is 3. The molecule has 0 aliphatic heterocycles. The summed E-state index contributed by atoms with van der Waals surface area (Å²) in [6, 6.07) is 6.67. The molecule has 1 rings (SSSR count). The van der Waals surface area contributed by atoms with Gasteiger partial charge in [0, 0.05) is 0 Å². The van der Waals surface area contributed by atoms with Gasteiger partial charge in [-0.3, -0.25) is 9.59 Å². The van der Waals surface area contributed by atoms with Gasteiger partial charge in [-0.1, -0.05) is 30.3 Å². The van der Waals surface area contributed by atoms with E-state index in [1.165, 1.54) is 30.3 Å². The first-order valence-corrected chi connectivity index (χ1v) is 6.19. The van der Waals surface area contributed by atoms with Crippen molar-refractivity contribution in [2.45, 2.75) is 24.9 Å². The maximum Gasteiger partial charge on any atom is 0.327 e. The first kappa shape index (κ1) is 17.5. The predicted octanol–water partition coefficient (Wildman–Crippen LogP) is 0.609. The first-order valence-electron chi connectivity index (χ1n) is 6.19. The van der Waals surface area contributed by atoms with Crippen LogP contribution >= 0.6 is 0 Å². The Bertz CT molecular complexity index is 544. The molecule has 1 atom stereocenters. The number of halogens is 2. The Morgan fingerprint density at radius 1 is 1.14 bits per heavy atom. The summed E-state index contributed by atoms with van der Waals surface area (Å²) >= 11 is 0. The molecule has 0 spiro atoms. The Hall–Kier alpha value is -2.51. The van der Waals surface area contributed by atoms with E-state index in [1.54, 1.807) is 0 Å². The van der Waals surface area contributed by atoms with E-state index >= 15 is 0 Å². The zero-order valence-corrected chi connectivity index (χ0v) is 11.6.